The Morgan fingerprint density at radius 2 is 0.942 bits per heavy atom. The molecule has 0 aliphatic rings. The van der Waals surface area contributed by atoms with Gasteiger partial charge in [-0.2, -0.15) is 0 Å². The molecule has 0 spiro atoms. The van der Waals surface area contributed by atoms with Crippen LogP contribution in [-0.4, -0.2) is 0 Å². The van der Waals surface area contributed by atoms with Gasteiger partial charge in [0.25, 0.3) is 0 Å². The van der Waals surface area contributed by atoms with Gasteiger partial charge in [-0.05, 0) is 95.1 Å². The first-order valence-corrected chi connectivity index (χ1v) is 19.1. The first kappa shape index (κ1) is 29.5. The van der Waals surface area contributed by atoms with Crippen LogP contribution in [0.2, 0.25) is 0 Å². The Balaban J connectivity index is 1.02. The highest BCUT2D eigenvalue weighted by molar-refractivity contribution is 7.26. The highest BCUT2D eigenvalue weighted by atomic mass is 32.1. The van der Waals surface area contributed by atoms with Crippen molar-refractivity contribution in [2.75, 3.05) is 4.90 Å². The van der Waals surface area contributed by atoms with Crippen LogP contribution in [0.25, 0.3) is 84.5 Å². The SMILES string of the molecule is c1ccc(N(c2ccccc2)c2cccc3sc4cc(-c5ccc6c(c5)sc5cccc(-c7ccc8oc9ccccc9c8c7)c56)ccc4c23)cc1. The number of nitrogens with zero attached hydrogens (tertiary/aromatic N) is 1. The summed E-state index contributed by atoms with van der Waals surface area (Å²) in [5.74, 6) is 0. The van der Waals surface area contributed by atoms with Gasteiger partial charge in [-0.1, -0.05) is 103 Å². The summed E-state index contributed by atoms with van der Waals surface area (Å²) in [5, 5.41) is 7.49. The smallest absolute Gasteiger partial charge is 0.135 e. The van der Waals surface area contributed by atoms with Crippen molar-refractivity contribution < 1.29 is 4.42 Å². The van der Waals surface area contributed by atoms with Gasteiger partial charge in [-0.25, -0.2) is 0 Å². The normalized spacial score (nSPS) is 11.8. The fourth-order valence-electron chi connectivity index (χ4n) is 7.89. The number of furan rings is 1. The first-order chi connectivity index (χ1) is 25.8. The minimum atomic E-state index is 0.925. The molecule has 52 heavy (non-hydrogen) atoms. The average Bonchev–Trinajstić information content (AvgIpc) is 3.89. The van der Waals surface area contributed by atoms with E-state index in [1.807, 2.05) is 34.8 Å². The molecule has 4 heteroatoms. The van der Waals surface area contributed by atoms with Gasteiger partial charge in [0.05, 0.1) is 5.69 Å². The van der Waals surface area contributed by atoms with E-state index in [0.29, 0.717) is 0 Å². The second-order valence-corrected chi connectivity index (χ2v) is 15.4. The Bertz CT molecular complexity index is 3090. The molecule has 0 N–H and O–H groups in total. The maximum Gasteiger partial charge on any atom is 0.135 e. The summed E-state index contributed by atoms with van der Waals surface area (Å²) in [7, 11) is 0. The molecule has 3 aromatic heterocycles. The fourth-order valence-corrected chi connectivity index (χ4v) is 10.2. The number of hydrogen-bond donors (Lipinski definition) is 0. The molecule has 2 nitrogen and oxygen atoms in total. The lowest BCUT2D eigenvalue weighted by molar-refractivity contribution is 0.669. The molecule has 244 valence electrons. The molecule has 0 radical (unpaired) electrons. The largest absolute Gasteiger partial charge is 0.456 e. The number of fused-ring (bicyclic) bond motifs is 9. The predicted molar refractivity (Wildman–Crippen MR) is 225 cm³/mol. The molecular weight excluding hydrogens is 671 g/mol. The zero-order chi connectivity index (χ0) is 34.2. The maximum absolute atomic E-state index is 6.14. The number of para-hydroxylation sites is 3. The molecule has 0 aliphatic heterocycles. The molecule has 0 aliphatic carbocycles. The van der Waals surface area contributed by atoms with Gasteiger partial charge < -0.3 is 9.32 Å². The van der Waals surface area contributed by atoms with Crippen LogP contribution in [0.5, 0.6) is 0 Å². The second-order valence-electron chi connectivity index (χ2n) is 13.3. The number of rotatable bonds is 5. The van der Waals surface area contributed by atoms with Crippen molar-refractivity contribution >= 4 is 102 Å². The van der Waals surface area contributed by atoms with E-state index < -0.39 is 0 Å². The fraction of sp³-hybridized carbons (Fsp3) is 0. The Morgan fingerprint density at radius 3 is 1.65 bits per heavy atom. The molecule has 0 amide bonds. The van der Waals surface area contributed by atoms with Crippen LogP contribution in [0.15, 0.2) is 180 Å². The van der Waals surface area contributed by atoms with E-state index in [1.165, 1.54) is 68.3 Å². The van der Waals surface area contributed by atoms with E-state index in [9.17, 15) is 0 Å². The molecule has 0 saturated heterocycles. The predicted octanol–water partition coefficient (Wildman–Crippen LogP) is 15.1. The van der Waals surface area contributed by atoms with Crippen LogP contribution in [-0.2, 0) is 0 Å². The van der Waals surface area contributed by atoms with Crippen LogP contribution in [0.3, 0.4) is 0 Å². The van der Waals surface area contributed by atoms with E-state index in [0.717, 1.165) is 33.3 Å². The zero-order valence-electron chi connectivity index (χ0n) is 27.9. The van der Waals surface area contributed by atoms with Crippen molar-refractivity contribution in [2.24, 2.45) is 0 Å². The number of thiophene rings is 2. The van der Waals surface area contributed by atoms with Gasteiger partial charge in [0, 0.05) is 62.5 Å². The van der Waals surface area contributed by atoms with Crippen LogP contribution in [0, 0.1) is 0 Å². The molecule has 0 saturated carbocycles. The lowest BCUT2D eigenvalue weighted by Gasteiger charge is -2.26. The van der Waals surface area contributed by atoms with E-state index in [2.05, 4.69) is 169 Å². The van der Waals surface area contributed by atoms with Crippen molar-refractivity contribution in [1.82, 2.24) is 0 Å². The average molecular weight is 700 g/mol. The minimum absolute atomic E-state index is 0.925. The van der Waals surface area contributed by atoms with Crippen molar-refractivity contribution in [3.05, 3.63) is 176 Å². The molecule has 0 bridgehead atoms. The highest BCUT2D eigenvalue weighted by Crippen LogP contribution is 2.47. The third-order valence-corrected chi connectivity index (χ3v) is 12.5. The maximum atomic E-state index is 6.14. The lowest BCUT2D eigenvalue weighted by atomic mass is 9.97. The molecule has 0 unspecified atom stereocenters. The number of hydrogen-bond acceptors (Lipinski definition) is 4. The molecule has 11 aromatic rings. The van der Waals surface area contributed by atoms with Gasteiger partial charge in [0.2, 0.25) is 0 Å². The third kappa shape index (κ3) is 4.62. The monoisotopic (exact) mass is 699 g/mol. The van der Waals surface area contributed by atoms with Gasteiger partial charge in [-0.3, -0.25) is 0 Å². The molecular formula is C48H29NOS2. The van der Waals surface area contributed by atoms with Crippen molar-refractivity contribution in [2.45, 2.75) is 0 Å². The number of benzene rings is 8. The summed E-state index contributed by atoms with van der Waals surface area (Å²) in [6, 6.07) is 63.6. The van der Waals surface area contributed by atoms with E-state index in [1.54, 1.807) is 0 Å². The first-order valence-electron chi connectivity index (χ1n) is 17.5. The molecule has 0 fully saturated rings. The third-order valence-electron chi connectivity index (χ3n) is 10.3. The molecule has 8 aromatic carbocycles. The van der Waals surface area contributed by atoms with Crippen LogP contribution in [0.1, 0.15) is 0 Å². The quantitative estimate of drug-likeness (QED) is 0.178. The van der Waals surface area contributed by atoms with E-state index in [4.69, 9.17) is 4.42 Å². The van der Waals surface area contributed by atoms with Crippen molar-refractivity contribution in [3.63, 3.8) is 0 Å². The lowest BCUT2D eigenvalue weighted by Crippen LogP contribution is -2.09. The van der Waals surface area contributed by atoms with E-state index in [-0.39, 0.29) is 0 Å². The molecule has 3 heterocycles. The molecule has 0 atom stereocenters. The van der Waals surface area contributed by atoms with Crippen molar-refractivity contribution in [3.8, 4) is 22.3 Å². The Hall–Kier alpha value is -6.20. The Kier molecular flexibility index (Phi) is 6.63. The van der Waals surface area contributed by atoms with E-state index >= 15 is 0 Å². The number of anilines is 3. The van der Waals surface area contributed by atoms with Gasteiger partial charge in [0.1, 0.15) is 11.2 Å². The summed E-state index contributed by atoms with van der Waals surface area (Å²) in [5.41, 5.74) is 10.3. The van der Waals surface area contributed by atoms with Crippen LogP contribution in [0.4, 0.5) is 17.1 Å². The zero-order valence-corrected chi connectivity index (χ0v) is 29.5. The Morgan fingerprint density at radius 1 is 0.365 bits per heavy atom. The van der Waals surface area contributed by atoms with Crippen LogP contribution < -0.4 is 4.90 Å². The minimum Gasteiger partial charge on any atom is -0.456 e. The summed E-state index contributed by atoms with van der Waals surface area (Å²) in [6.45, 7) is 0. The van der Waals surface area contributed by atoms with Crippen molar-refractivity contribution in [1.29, 1.82) is 0 Å². The topological polar surface area (TPSA) is 16.4 Å². The molecule has 11 rings (SSSR count). The Labute approximate surface area is 308 Å². The summed E-state index contributed by atoms with van der Waals surface area (Å²) in [4.78, 5) is 2.38. The van der Waals surface area contributed by atoms with Crippen LogP contribution >= 0.6 is 22.7 Å². The summed E-state index contributed by atoms with van der Waals surface area (Å²) in [6.07, 6.45) is 0. The summed E-state index contributed by atoms with van der Waals surface area (Å²) >= 11 is 3.74. The van der Waals surface area contributed by atoms with Gasteiger partial charge >= 0.3 is 0 Å². The van der Waals surface area contributed by atoms with Gasteiger partial charge in [-0.15, -0.1) is 22.7 Å². The van der Waals surface area contributed by atoms with Gasteiger partial charge in [0.15, 0.2) is 0 Å². The second kappa shape index (κ2) is 11.7. The summed E-state index contributed by atoms with van der Waals surface area (Å²) < 4.78 is 11.3. The highest BCUT2D eigenvalue weighted by Gasteiger charge is 2.19. The standard InChI is InChI=1S/C48H29NOS2/c1-3-11-33(12-4-1)49(34-13-5-2-6-14-34)40-17-10-20-44-48(40)38-25-22-31(29-46(38)52-44)30-21-24-37-45(28-30)51-43-19-9-16-35(47(37)43)32-23-26-42-39(27-32)36-15-7-8-18-41(36)50-42/h1-29H.